The summed E-state index contributed by atoms with van der Waals surface area (Å²) in [4.78, 5) is 0.0246. The molecule has 0 spiro atoms. The molecule has 0 N–H and O–H groups in total. The van der Waals surface area contributed by atoms with Crippen molar-refractivity contribution < 1.29 is 21.2 Å². The Hall–Kier alpha value is -2.59. The van der Waals surface area contributed by atoms with Crippen LogP contribution in [0.15, 0.2) is 88.7 Å². The van der Waals surface area contributed by atoms with Crippen molar-refractivity contribution in [3.63, 3.8) is 0 Å². The molecule has 0 saturated heterocycles. The molecule has 0 aliphatic heterocycles. The summed E-state index contributed by atoms with van der Waals surface area (Å²) in [5.41, 5.74) is 1.18. The number of halogens is 1. The molecule has 0 radical (unpaired) electrons. The van der Waals surface area contributed by atoms with E-state index in [0.29, 0.717) is 18.4 Å². The number of hydrogen-bond acceptors (Lipinski definition) is 4. The molecule has 36 heavy (non-hydrogen) atoms. The Morgan fingerprint density at radius 2 is 1.31 bits per heavy atom. The van der Waals surface area contributed by atoms with Crippen LogP contribution in [0, 0.1) is 5.82 Å². The Morgan fingerprint density at radius 1 is 0.750 bits per heavy atom. The quantitative estimate of drug-likeness (QED) is 0.363. The Bertz CT molecular complexity index is 1370. The Balaban J connectivity index is 1.61. The van der Waals surface area contributed by atoms with Gasteiger partial charge >= 0.3 is 0 Å². The zero-order valence-electron chi connectivity index (χ0n) is 20.3. The van der Waals surface area contributed by atoms with Gasteiger partial charge < -0.3 is 0 Å². The van der Waals surface area contributed by atoms with Crippen molar-refractivity contribution in [1.29, 1.82) is 0 Å². The van der Waals surface area contributed by atoms with Crippen LogP contribution in [-0.4, -0.2) is 38.0 Å². The molecule has 4 rings (SSSR count). The summed E-state index contributed by atoms with van der Waals surface area (Å²) in [5.74, 6) is -0.449. The van der Waals surface area contributed by atoms with Crippen molar-refractivity contribution in [2.45, 2.75) is 61.5 Å². The van der Waals surface area contributed by atoms with Gasteiger partial charge in [-0.25, -0.2) is 21.2 Å². The first kappa shape index (κ1) is 26.5. The predicted octanol–water partition coefficient (Wildman–Crippen LogP) is 5.17. The maximum absolute atomic E-state index is 14.4. The zero-order chi connectivity index (χ0) is 25.8. The fourth-order valence-corrected chi connectivity index (χ4v) is 7.72. The van der Waals surface area contributed by atoms with Crippen LogP contribution < -0.4 is 0 Å². The lowest BCUT2D eigenvalue weighted by atomic mass is 10.2. The third-order valence-corrected chi connectivity index (χ3v) is 10.5. The van der Waals surface area contributed by atoms with E-state index in [9.17, 15) is 21.2 Å². The number of rotatable bonds is 10. The molecular formula is C27H31FN2O4S2. The van der Waals surface area contributed by atoms with Crippen LogP contribution in [0.5, 0.6) is 0 Å². The van der Waals surface area contributed by atoms with Crippen molar-refractivity contribution in [2.75, 3.05) is 6.54 Å². The van der Waals surface area contributed by atoms with Crippen LogP contribution >= 0.6 is 0 Å². The summed E-state index contributed by atoms with van der Waals surface area (Å²) < 4.78 is 71.0. The van der Waals surface area contributed by atoms with Gasteiger partial charge in [-0.1, -0.05) is 68.3 Å². The van der Waals surface area contributed by atoms with Gasteiger partial charge in [0.25, 0.3) is 0 Å². The van der Waals surface area contributed by atoms with Crippen molar-refractivity contribution in [3.05, 3.63) is 95.8 Å². The molecule has 1 aliphatic rings. The molecule has 1 aliphatic carbocycles. The standard InChI is InChI=1S/C27H31FN2O4S2/c1-2-29(20-22-10-4-3-5-11-22)35(31,32)25-16-18-26(19-17-25)36(33,34)30(24-13-7-8-14-24)21-23-12-6-9-15-27(23)28/h3-6,9-12,15-19,24H,2,7-8,13-14,20-21H2,1H3. The van der Waals surface area contributed by atoms with E-state index in [-0.39, 0.29) is 35.5 Å². The minimum absolute atomic E-state index is 0.00389. The fourth-order valence-electron chi connectivity index (χ4n) is 4.62. The van der Waals surface area contributed by atoms with Crippen LogP contribution in [0.2, 0.25) is 0 Å². The molecule has 0 amide bonds. The molecule has 0 aromatic heterocycles. The molecule has 3 aromatic carbocycles. The molecular weight excluding hydrogens is 499 g/mol. The molecule has 6 nitrogen and oxygen atoms in total. The summed E-state index contributed by atoms with van der Waals surface area (Å²) in [6.07, 6.45) is 3.26. The van der Waals surface area contributed by atoms with Crippen LogP contribution in [0.1, 0.15) is 43.7 Å². The second-order valence-corrected chi connectivity index (χ2v) is 12.8. The first-order chi connectivity index (χ1) is 17.2. The highest BCUT2D eigenvalue weighted by atomic mass is 32.2. The van der Waals surface area contributed by atoms with Crippen molar-refractivity contribution in [1.82, 2.24) is 8.61 Å². The van der Waals surface area contributed by atoms with Crippen LogP contribution in [0.3, 0.4) is 0 Å². The number of sulfonamides is 2. The normalized spacial score (nSPS) is 15.1. The van der Waals surface area contributed by atoms with Gasteiger partial charge in [0.2, 0.25) is 20.0 Å². The lowest BCUT2D eigenvalue weighted by Crippen LogP contribution is -2.38. The summed E-state index contributed by atoms with van der Waals surface area (Å²) in [6, 6.07) is 20.6. The molecule has 0 bridgehead atoms. The lowest BCUT2D eigenvalue weighted by Gasteiger charge is -2.28. The molecule has 9 heteroatoms. The number of hydrogen-bond donors (Lipinski definition) is 0. The Morgan fingerprint density at radius 3 is 1.89 bits per heavy atom. The highest BCUT2D eigenvalue weighted by molar-refractivity contribution is 7.89. The smallest absolute Gasteiger partial charge is 0.207 e. The molecule has 1 fully saturated rings. The third kappa shape index (κ3) is 5.70. The fraction of sp³-hybridized carbons (Fsp3) is 0.333. The van der Waals surface area contributed by atoms with Gasteiger partial charge in [0, 0.05) is 31.2 Å². The second-order valence-electron chi connectivity index (χ2n) is 8.97. The summed E-state index contributed by atoms with van der Waals surface area (Å²) >= 11 is 0. The van der Waals surface area contributed by atoms with Gasteiger partial charge in [-0.3, -0.25) is 0 Å². The molecule has 0 unspecified atom stereocenters. The summed E-state index contributed by atoms with van der Waals surface area (Å²) in [7, 11) is -7.80. The topological polar surface area (TPSA) is 74.8 Å². The van der Waals surface area contributed by atoms with Gasteiger partial charge in [-0.15, -0.1) is 0 Å². The van der Waals surface area contributed by atoms with E-state index in [2.05, 4.69) is 0 Å². The first-order valence-corrected chi connectivity index (χ1v) is 15.0. The molecule has 3 aromatic rings. The van der Waals surface area contributed by atoms with Crippen molar-refractivity contribution in [2.24, 2.45) is 0 Å². The highest BCUT2D eigenvalue weighted by Crippen LogP contribution is 2.31. The molecule has 0 atom stereocenters. The Kier molecular flexibility index (Phi) is 8.24. The van der Waals surface area contributed by atoms with E-state index in [1.807, 2.05) is 30.3 Å². The van der Waals surface area contributed by atoms with Crippen LogP contribution in [-0.2, 0) is 33.1 Å². The van der Waals surface area contributed by atoms with Gasteiger partial charge in [-0.2, -0.15) is 8.61 Å². The zero-order valence-corrected chi connectivity index (χ0v) is 21.9. The van der Waals surface area contributed by atoms with Crippen molar-refractivity contribution >= 4 is 20.0 Å². The minimum Gasteiger partial charge on any atom is -0.207 e. The average molecular weight is 531 g/mol. The van der Waals surface area contributed by atoms with Crippen molar-refractivity contribution in [3.8, 4) is 0 Å². The predicted molar refractivity (Wildman–Crippen MR) is 138 cm³/mol. The number of nitrogens with zero attached hydrogens (tertiary/aromatic N) is 2. The van der Waals surface area contributed by atoms with E-state index in [1.54, 1.807) is 25.1 Å². The SMILES string of the molecule is CCN(Cc1ccccc1)S(=O)(=O)c1ccc(S(=O)(=O)N(Cc2ccccc2F)C2CCCC2)cc1. The van der Waals surface area contributed by atoms with Gasteiger partial charge in [0.15, 0.2) is 0 Å². The van der Waals surface area contributed by atoms with Crippen LogP contribution in [0.25, 0.3) is 0 Å². The van der Waals surface area contributed by atoms with Gasteiger partial charge in [0.1, 0.15) is 5.82 Å². The van der Waals surface area contributed by atoms with E-state index in [0.717, 1.165) is 18.4 Å². The second kappa shape index (κ2) is 11.2. The lowest BCUT2D eigenvalue weighted by molar-refractivity contribution is 0.312. The van der Waals surface area contributed by atoms with E-state index >= 15 is 0 Å². The van der Waals surface area contributed by atoms with E-state index in [1.165, 1.54) is 38.9 Å². The van der Waals surface area contributed by atoms with Gasteiger partial charge in [0.05, 0.1) is 9.79 Å². The third-order valence-electron chi connectivity index (χ3n) is 6.64. The van der Waals surface area contributed by atoms with Crippen LogP contribution in [0.4, 0.5) is 4.39 Å². The van der Waals surface area contributed by atoms with E-state index < -0.39 is 25.9 Å². The first-order valence-electron chi connectivity index (χ1n) is 12.1. The monoisotopic (exact) mass is 530 g/mol. The highest BCUT2D eigenvalue weighted by Gasteiger charge is 2.34. The largest absolute Gasteiger partial charge is 0.243 e. The minimum atomic E-state index is -3.98. The molecule has 1 saturated carbocycles. The summed E-state index contributed by atoms with van der Waals surface area (Å²) in [5, 5.41) is 0. The molecule has 192 valence electrons. The maximum Gasteiger partial charge on any atom is 0.243 e. The Labute approximate surface area is 213 Å². The van der Waals surface area contributed by atoms with E-state index in [4.69, 9.17) is 0 Å². The average Bonchev–Trinajstić information content (AvgIpc) is 3.41. The van der Waals surface area contributed by atoms with Gasteiger partial charge in [-0.05, 0) is 48.7 Å². The number of benzene rings is 3. The molecule has 0 heterocycles. The maximum atomic E-state index is 14.4. The summed E-state index contributed by atoms with van der Waals surface area (Å²) in [6.45, 7) is 2.19.